The predicted molar refractivity (Wildman–Crippen MR) is 49.4 cm³/mol. The molecule has 1 aromatic rings. The first-order valence-corrected chi connectivity index (χ1v) is 3.08. The van der Waals surface area contributed by atoms with Gasteiger partial charge in [-0.2, -0.15) is 5.26 Å². The minimum atomic E-state index is -0.0119. The largest absolute Gasteiger partial charge is 0.384 e. The van der Waals surface area contributed by atoms with Gasteiger partial charge in [0.1, 0.15) is 5.84 Å². The van der Waals surface area contributed by atoms with Gasteiger partial charge in [-0.15, -0.1) is 12.4 Å². The molecular weight excluding hydrogens is 174 g/mol. The lowest BCUT2D eigenvalue weighted by Gasteiger charge is -1.95. The number of nitrogens with zero attached hydrogens (tertiary/aromatic N) is 1. The lowest BCUT2D eigenvalue weighted by Crippen LogP contribution is -2.10. The van der Waals surface area contributed by atoms with Crippen molar-refractivity contribution in [2.75, 3.05) is 0 Å². The average molecular weight is 182 g/mol. The molecule has 0 bridgehead atoms. The normalized spacial score (nSPS) is 7.92. The van der Waals surface area contributed by atoms with E-state index in [1.807, 2.05) is 6.07 Å². The number of amidine groups is 1. The van der Waals surface area contributed by atoms with Crippen LogP contribution in [0.25, 0.3) is 0 Å². The Morgan fingerprint density at radius 1 is 1.50 bits per heavy atom. The van der Waals surface area contributed by atoms with Crippen molar-refractivity contribution in [3.63, 3.8) is 0 Å². The topological polar surface area (TPSA) is 73.7 Å². The summed E-state index contributed by atoms with van der Waals surface area (Å²) < 4.78 is 0. The van der Waals surface area contributed by atoms with Crippen LogP contribution >= 0.6 is 12.4 Å². The SMILES string of the molecule is Cl.N#Cc1cccc(C(=N)N)c1. The summed E-state index contributed by atoms with van der Waals surface area (Å²) in [6.45, 7) is 0. The fraction of sp³-hybridized carbons (Fsp3) is 0. The van der Waals surface area contributed by atoms with Crippen molar-refractivity contribution in [3.8, 4) is 6.07 Å². The van der Waals surface area contributed by atoms with Crippen LogP contribution in [0, 0.1) is 16.7 Å². The molecule has 0 aliphatic rings. The lowest BCUT2D eigenvalue weighted by molar-refractivity contribution is 1.41. The van der Waals surface area contributed by atoms with E-state index >= 15 is 0 Å². The number of nitrogens with one attached hydrogen (secondary N) is 1. The summed E-state index contributed by atoms with van der Waals surface area (Å²) in [4.78, 5) is 0. The molecule has 3 nitrogen and oxygen atoms in total. The Hall–Kier alpha value is -1.53. The smallest absolute Gasteiger partial charge is 0.122 e. The van der Waals surface area contributed by atoms with E-state index in [0.717, 1.165) is 0 Å². The standard InChI is InChI=1S/C8H7N3.ClH/c9-5-6-2-1-3-7(4-6)8(10)11;/h1-4H,(H3,10,11);1H. The van der Waals surface area contributed by atoms with E-state index in [-0.39, 0.29) is 18.2 Å². The van der Waals surface area contributed by atoms with Gasteiger partial charge in [0.25, 0.3) is 0 Å². The van der Waals surface area contributed by atoms with Crippen LogP contribution in [-0.2, 0) is 0 Å². The number of benzene rings is 1. The van der Waals surface area contributed by atoms with Gasteiger partial charge in [0.05, 0.1) is 11.6 Å². The van der Waals surface area contributed by atoms with E-state index < -0.39 is 0 Å². The quantitative estimate of drug-likeness (QED) is 0.506. The Morgan fingerprint density at radius 2 is 2.17 bits per heavy atom. The summed E-state index contributed by atoms with van der Waals surface area (Å²) in [7, 11) is 0. The molecule has 0 aromatic heterocycles. The molecular formula is C8H8ClN3. The van der Waals surface area contributed by atoms with Crippen LogP contribution in [0.15, 0.2) is 24.3 Å². The number of nitrogens with two attached hydrogens (primary N) is 1. The Balaban J connectivity index is 0.00000121. The zero-order chi connectivity index (χ0) is 8.27. The molecule has 0 atom stereocenters. The lowest BCUT2D eigenvalue weighted by atomic mass is 10.1. The molecule has 1 rings (SSSR count). The highest BCUT2D eigenvalue weighted by atomic mass is 35.5. The molecule has 3 N–H and O–H groups in total. The number of nitriles is 1. The highest BCUT2D eigenvalue weighted by Crippen LogP contribution is 2.02. The van der Waals surface area contributed by atoms with E-state index in [9.17, 15) is 0 Å². The second kappa shape index (κ2) is 4.37. The monoisotopic (exact) mass is 181 g/mol. The van der Waals surface area contributed by atoms with Gasteiger partial charge in [0.15, 0.2) is 0 Å². The van der Waals surface area contributed by atoms with Gasteiger partial charge in [0, 0.05) is 5.56 Å². The number of halogens is 1. The molecule has 0 saturated heterocycles. The number of rotatable bonds is 1. The maximum Gasteiger partial charge on any atom is 0.122 e. The van der Waals surface area contributed by atoms with Gasteiger partial charge in [-0.1, -0.05) is 12.1 Å². The summed E-state index contributed by atoms with van der Waals surface area (Å²) in [5.74, 6) is -0.0119. The zero-order valence-corrected chi connectivity index (χ0v) is 7.06. The summed E-state index contributed by atoms with van der Waals surface area (Å²) in [6, 6.07) is 8.63. The molecule has 0 fully saturated rings. The van der Waals surface area contributed by atoms with Gasteiger partial charge < -0.3 is 5.73 Å². The van der Waals surface area contributed by atoms with E-state index in [2.05, 4.69) is 0 Å². The fourth-order valence-electron chi connectivity index (χ4n) is 0.756. The first kappa shape index (κ1) is 10.5. The van der Waals surface area contributed by atoms with E-state index in [1.54, 1.807) is 24.3 Å². The van der Waals surface area contributed by atoms with Crippen LogP contribution in [0.4, 0.5) is 0 Å². The van der Waals surface area contributed by atoms with E-state index in [0.29, 0.717) is 11.1 Å². The molecule has 0 aliphatic heterocycles. The molecule has 1 aromatic carbocycles. The third-order valence-electron chi connectivity index (χ3n) is 1.30. The highest BCUT2D eigenvalue weighted by Gasteiger charge is 1.95. The molecule has 0 spiro atoms. The van der Waals surface area contributed by atoms with Crippen molar-refractivity contribution in [1.82, 2.24) is 0 Å². The van der Waals surface area contributed by atoms with E-state index in [4.69, 9.17) is 16.4 Å². The fourth-order valence-corrected chi connectivity index (χ4v) is 0.756. The van der Waals surface area contributed by atoms with Crippen LogP contribution in [0.5, 0.6) is 0 Å². The van der Waals surface area contributed by atoms with Crippen molar-refractivity contribution < 1.29 is 0 Å². The second-order valence-electron chi connectivity index (χ2n) is 2.11. The first-order valence-electron chi connectivity index (χ1n) is 3.08. The van der Waals surface area contributed by atoms with Gasteiger partial charge in [0.2, 0.25) is 0 Å². The van der Waals surface area contributed by atoms with Crippen LogP contribution in [-0.4, -0.2) is 5.84 Å². The number of hydrogen-bond donors (Lipinski definition) is 2. The second-order valence-corrected chi connectivity index (χ2v) is 2.11. The summed E-state index contributed by atoms with van der Waals surface area (Å²) >= 11 is 0. The van der Waals surface area contributed by atoms with Gasteiger partial charge in [-0.05, 0) is 12.1 Å². The van der Waals surface area contributed by atoms with Gasteiger partial charge in [-0.25, -0.2) is 0 Å². The predicted octanol–water partition coefficient (Wildman–Crippen LogP) is 1.26. The molecule has 0 amide bonds. The molecule has 4 heteroatoms. The van der Waals surface area contributed by atoms with Gasteiger partial charge >= 0.3 is 0 Å². The van der Waals surface area contributed by atoms with Crippen LogP contribution in [0.3, 0.4) is 0 Å². The maximum absolute atomic E-state index is 8.48. The average Bonchev–Trinajstić information content (AvgIpc) is 2.05. The molecule has 12 heavy (non-hydrogen) atoms. The van der Waals surface area contributed by atoms with E-state index in [1.165, 1.54) is 0 Å². The summed E-state index contributed by atoms with van der Waals surface area (Å²) in [5.41, 5.74) is 6.32. The van der Waals surface area contributed by atoms with Crippen molar-refractivity contribution in [2.24, 2.45) is 5.73 Å². The first-order chi connectivity index (χ1) is 5.24. The summed E-state index contributed by atoms with van der Waals surface area (Å²) in [6.07, 6.45) is 0. The molecule has 0 saturated carbocycles. The highest BCUT2D eigenvalue weighted by molar-refractivity contribution is 5.95. The van der Waals surface area contributed by atoms with Crippen LogP contribution in [0.1, 0.15) is 11.1 Å². The minimum absolute atomic E-state index is 0. The minimum Gasteiger partial charge on any atom is -0.384 e. The van der Waals surface area contributed by atoms with Crippen molar-refractivity contribution in [3.05, 3.63) is 35.4 Å². The van der Waals surface area contributed by atoms with Crippen molar-refractivity contribution in [1.29, 1.82) is 10.7 Å². The van der Waals surface area contributed by atoms with Crippen molar-refractivity contribution >= 4 is 18.2 Å². The summed E-state index contributed by atoms with van der Waals surface area (Å²) in [5, 5.41) is 15.6. The molecule has 0 unspecified atom stereocenters. The van der Waals surface area contributed by atoms with Gasteiger partial charge in [-0.3, -0.25) is 5.41 Å². The molecule has 62 valence electrons. The Morgan fingerprint density at radius 3 is 2.67 bits per heavy atom. The molecule has 0 heterocycles. The third kappa shape index (κ3) is 2.26. The molecule has 0 aliphatic carbocycles. The number of hydrogen-bond acceptors (Lipinski definition) is 2. The zero-order valence-electron chi connectivity index (χ0n) is 6.24. The third-order valence-corrected chi connectivity index (χ3v) is 1.30. The Kier molecular flexibility index (Phi) is 3.81. The number of nitrogen functional groups attached to an aromatic ring is 1. The maximum atomic E-state index is 8.48. The Labute approximate surface area is 76.7 Å². The Bertz CT molecular complexity index is 327. The van der Waals surface area contributed by atoms with Crippen LogP contribution in [0.2, 0.25) is 0 Å². The van der Waals surface area contributed by atoms with Crippen LogP contribution < -0.4 is 5.73 Å². The molecule has 0 radical (unpaired) electrons. The van der Waals surface area contributed by atoms with Crippen molar-refractivity contribution in [2.45, 2.75) is 0 Å².